The maximum absolute atomic E-state index is 12.4. The molecule has 0 atom stereocenters. The maximum atomic E-state index is 12.4. The number of carboxylic acid groups (broad SMARTS) is 1. The summed E-state index contributed by atoms with van der Waals surface area (Å²) >= 11 is 0. The van der Waals surface area contributed by atoms with Gasteiger partial charge in [-0.25, -0.2) is 4.79 Å². The predicted molar refractivity (Wildman–Crippen MR) is 88.1 cm³/mol. The fraction of sp³-hybridized carbons (Fsp3) is 0.353. The van der Waals surface area contributed by atoms with Crippen LogP contribution in [0.5, 0.6) is 0 Å². The molecule has 0 bridgehead atoms. The number of rotatable bonds is 3. The fourth-order valence-corrected chi connectivity index (χ4v) is 2.44. The van der Waals surface area contributed by atoms with E-state index >= 15 is 0 Å². The summed E-state index contributed by atoms with van der Waals surface area (Å²) in [6, 6.07) is 4.81. The molecular weight excluding hydrogens is 294 g/mol. The lowest BCUT2D eigenvalue weighted by atomic mass is 10.1. The first-order valence-corrected chi connectivity index (χ1v) is 7.31. The van der Waals surface area contributed by atoms with Gasteiger partial charge in [0, 0.05) is 11.4 Å². The van der Waals surface area contributed by atoms with Crippen LogP contribution in [0.4, 0.5) is 5.69 Å². The van der Waals surface area contributed by atoms with Crippen LogP contribution in [0.3, 0.4) is 0 Å². The Labute approximate surface area is 135 Å². The Morgan fingerprint density at radius 2 is 1.83 bits per heavy atom. The number of carbonyl (C=O) groups is 2. The molecule has 1 amide bonds. The molecule has 1 aromatic heterocycles. The first kappa shape index (κ1) is 16.7. The minimum absolute atomic E-state index is 0.171. The largest absolute Gasteiger partial charge is 0.478 e. The number of hydrogen-bond acceptors (Lipinski definition) is 3. The lowest BCUT2D eigenvalue weighted by Gasteiger charge is -2.21. The molecule has 0 aliphatic heterocycles. The quantitative estimate of drug-likeness (QED) is 0.911. The van der Waals surface area contributed by atoms with Crippen molar-refractivity contribution in [1.82, 2.24) is 9.78 Å². The van der Waals surface area contributed by atoms with E-state index in [9.17, 15) is 9.59 Å². The topological polar surface area (TPSA) is 84.2 Å². The van der Waals surface area contributed by atoms with Crippen molar-refractivity contribution in [2.45, 2.75) is 40.2 Å². The number of nitrogens with one attached hydrogen (secondary N) is 1. The summed E-state index contributed by atoms with van der Waals surface area (Å²) in [5.41, 5.74) is 2.28. The minimum atomic E-state index is -1.02. The highest BCUT2D eigenvalue weighted by Gasteiger charge is 2.21. The van der Waals surface area contributed by atoms with E-state index in [-0.39, 0.29) is 17.0 Å². The summed E-state index contributed by atoms with van der Waals surface area (Å²) in [7, 11) is 0. The standard InChI is InChI=1S/C17H21N3O3/c1-10-6-7-12(8-13(10)16(22)23)19-15(21)14-9-18-20(11(14)2)17(3,4)5/h6-9H,1-5H3,(H,19,21)(H,22,23). The highest BCUT2D eigenvalue weighted by atomic mass is 16.4. The zero-order valence-electron chi connectivity index (χ0n) is 14.0. The summed E-state index contributed by atoms with van der Waals surface area (Å²) in [6.07, 6.45) is 1.53. The molecule has 122 valence electrons. The third-order valence-corrected chi connectivity index (χ3v) is 3.62. The number of benzene rings is 1. The lowest BCUT2D eigenvalue weighted by molar-refractivity contribution is 0.0695. The maximum Gasteiger partial charge on any atom is 0.336 e. The van der Waals surface area contributed by atoms with Crippen LogP contribution in [0.25, 0.3) is 0 Å². The van der Waals surface area contributed by atoms with Gasteiger partial charge in [-0.15, -0.1) is 0 Å². The third kappa shape index (κ3) is 3.41. The summed E-state index contributed by atoms with van der Waals surface area (Å²) in [5, 5.41) is 16.2. The van der Waals surface area contributed by atoms with E-state index in [1.54, 1.807) is 23.7 Å². The molecule has 6 nitrogen and oxygen atoms in total. The summed E-state index contributed by atoms with van der Waals surface area (Å²) < 4.78 is 1.79. The highest BCUT2D eigenvalue weighted by Crippen LogP contribution is 2.20. The Kier molecular flexibility index (Phi) is 4.27. The highest BCUT2D eigenvalue weighted by molar-refractivity contribution is 6.05. The molecule has 0 spiro atoms. The monoisotopic (exact) mass is 315 g/mol. The van der Waals surface area contributed by atoms with Crippen molar-refractivity contribution in [1.29, 1.82) is 0 Å². The van der Waals surface area contributed by atoms with Gasteiger partial charge >= 0.3 is 5.97 Å². The zero-order chi connectivity index (χ0) is 17.4. The van der Waals surface area contributed by atoms with E-state index in [0.29, 0.717) is 16.8 Å². The zero-order valence-corrected chi connectivity index (χ0v) is 14.0. The second kappa shape index (κ2) is 5.87. The van der Waals surface area contributed by atoms with Crippen molar-refractivity contribution in [2.75, 3.05) is 5.32 Å². The van der Waals surface area contributed by atoms with Gasteiger partial charge in [-0.2, -0.15) is 5.10 Å². The van der Waals surface area contributed by atoms with Crippen LogP contribution in [0.1, 0.15) is 52.7 Å². The summed E-state index contributed by atoms with van der Waals surface area (Å²) in [5.74, 6) is -1.33. The minimum Gasteiger partial charge on any atom is -0.478 e. The van der Waals surface area contributed by atoms with Gasteiger partial charge in [-0.05, 0) is 52.3 Å². The predicted octanol–water partition coefficient (Wildman–Crippen LogP) is 3.21. The number of aryl methyl sites for hydroxylation is 1. The molecule has 2 rings (SSSR count). The number of hydrogen-bond donors (Lipinski definition) is 2. The van der Waals surface area contributed by atoms with E-state index in [1.165, 1.54) is 12.3 Å². The van der Waals surface area contributed by atoms with Crippen LogP contribution < -0.4 is 5.32 Å². The first-order chi connectivity index (χ1) is 10.6. The number of nitrogens with zero attached hydrogens (tertiary/aromatic N) is 2. The van der Waals surface area contributed by atoms with E-state index in [0.717, 1.165) is 5.69 Å². The van der Waals surface area contributed by atoms with E-state index < -0.39 is 5.97 Å². The Bertz CT molecular complexity index is 770. The van der Waals surface area contributed by atoms with Crippen LogP contribution in [-0.4, -0.2) is 26.8 Å². The normalized spacial score (nSPS) is 11.3. The molecule has 0 aliphatic carbocycles. The SMILES string of the molecule is Cc1ccc(NC(=O)c2cnn(C(C)(C)C)c2C)cc1C(=O)O. The number of carbonyl (C=O) groups excluding carboxylic acids is 1. The molecular formula is C17H21N3O3. The van der Waals surface area contributed by atoms with Gasteiger partial charge in [0.25, 0.3) is 5.91 Å². The molecule has 0 saturated carbocycles. The molecule has 6 heteroatoms. The average molecular weight is 315 g/mol. The molecule has 2 aromatic rings. The van der Waals surface area contributed by atoms with Gasteiger partial charge in [0.15, 0.2) is 0 Å². The smallest absolute Gasteiger partial charge is 0.336 e. The molecule has 0 fully saturated rings. The Balaban J connectivity index is 2.28. The van der Waals surface area contributed by atoms with Crippen molar-refractivity contribution in [3.8, 4) is 0 Å². The second-order valence-electron chi connectivity index (χ2n) is 6.52. The van der Waals surface area contributed by atoms with Gasteiger partial charge in [-0.1, -0.05) is 6.07 Å². The Morgan fingerprint density at radius 3 is 2.35 bits per heavy atom. The molecule has 0 radical (unpaired) electrons. The van der Waals surface area contributed by atoms with Crippen molar-refractivity contribution < 1.29 is 14.7 Å². The van der Waals surface area contributed by atoms with Crippen LogP contribution in [0.15, 0.2) is 24.4 Å². The van der Waals surface area contributed by atoms with Crippen LogP contribution in [0, 0.1) is 13.8 Å². The van der Waals surface area contributed by atoms with E-state index in [2.05, 4.69) is 10.4 Å². The summed E-state index contributed by atoms with van der Waals surface area (Å²) in [4.78, 5) is 23.6. The number of anilines is 1. The van der Waals surface area contributed by atoms with Crippen LogP contribution in [-0.2, 0) is 5.54 Å². The van der Waals surface area contributed by atoms with Gasteiger partial charge in [0.1, 0.15) is 0 Å². The van der Waals surface area contributed by atoms with Crippen LogP contribution in [0.2, 0.25) is 0 Å². The lowest BCUT2D eigenvalue weighted by Crippen LogP contribution is -2.25. The molecule has 2 N–H and O–H groups in total. The van der Waals surface area contributed by atoms with Gasteiger partial charge < -0.3 is 10.4 Å². The second-order valence-corrected chi connectivity index (χ2v) is 6.52. The fourth-order valence-electron chi connectivity index (χ4n) is 2.44. The van der Waals surface area contributed by atoms with Crippen molar-refractivity contribution in [3.63, 3.8) is 0 Å². The van der Waals surface area contributed by atoms with E-state index in [1.807, 2.05) is 27.7 Å². The van der Waals surface area contributed by atoms with Gasteiger partial charge in [-0.3, -0.25) is 9.48 Å². The molecule has 0 saturated heterocycles. The van der Waals surface area contributed by atoms with Crippen molar-refractivity contribution in [2.24, 2.45) is 0 Å². The number of carboxylic acids is 1. The molecule has 0 aliphatic rings. The number of aromatic nitrogens is 2. The van der Waals surface area contributed by atoms with Gasteiger partial charge in [0.05, 0.1) is 22.9 Å². The number of aromatic carboxylic acids is 1. The molecule has 1 heterocycles. The van der Waals surface area contributed by atoms with Crippen LogP contribution >= 0.6 is 0 Å². The average Bonchev–Trinajstić information content (AvgIpc) is 2.82. The molecule has 1 aromatic carbocycles. The first-order valence-electron chi connectivity index (χ1n) is 7.31. The van der Waals surface area contributed by atoms with Gasteiger partial charge in [0.2, 0.25) is 0 Å². The Morgan fingerprint density at radius 1 is 1.17 bits per heavy atom. The third-order valence-electron chi connectivity index (χ3n) is 3.62. The van der Waals surface area contributed by atoms with Crippen molar-refractivity contribution in [3.05, 3.63) is 46.8 Å². The van der Waals surface area contributed by atoms with E-state index in [4.69, 9.17) is 5.11 Å². The summed E-state index contributed by atoms with van der Waals surface area (Å²) in [6.45, 7) is 9.58. The number of amides is 1. The van der Waals surface area contributed by atoms with Crippen molar-refractivity contribution >= 4 is 17.6 Å². The molecule has 0 unspecified atom stereocenters. The molecule has 23 heavy (non-hydrogen) atoms. The Hall–Kier alpha value is -2.63.